The molecular weight excluding hydrogens is 918 g/mol. The summed E-state index contributed by atoms with van der Waals surface area (Å²) < 4.78 is 12.9. The predicted octanol–water partition coefficient (Wildman–Crippen LogP) is 5.52. The summed E-state index contributed by atoms with van der Waals surface area (Å²) in [7, 11) is -2.68. The van der Waals surface area contributed by atoms with Crippen molar-refractivity contribution in [2.75, 3.05) is 57.5 Å². The minimum Gasteiger partial charge on any atom is -0.507 e. The Labute approximate surface area is 415 Å². The van der Waals surface area contributed by atoms with E-state index in [-0.39, 0.29) is 37.3 Å². The molecule has 5 aromatic rings. The van der Waals surface area contributed by atoms with Crippen LogP contribution in [0.5, 0.6) is 5.75 Å². The zero-order chi connectivity index (χ0) is 50.4. The SMILES string of the molecule is C#Cc1ccc(CNC(=O)[C@@H]2C[C@@H](O)CN2C(=O)[C@H](NC(=O)N2CCC(N3CCC(c4cnc(N5CCc6[nH]c7nnc(-c8ccccc8O)cc7c6[C@H]5C)nc4)CC3)CC2)C(C)(C)C)cc1P(C)(C)=O. The molecule has 3 saturated heterocycles. The van der Waals surface area contributed by atoms with Gasteiger partial charge in [-0.1, -0.05) is 44.9 Å². The van der Waals surface area contributed by atoms with Gasteiger partial charge in [0.15, 0.2) is 5.65 Å². The Kier molecular flexibility index (Phi) is 14.0. The number of nitrogens with zero attached hydrogens (tertiary/aromatic N) is 8. The van der Waals surface area contributed by atoms with Gasteiger partial charge in [-0.15, -0.1) is 16.6 Å². The molecule has 7 heterocycles. The fourth-order valence-corrected chi connectivity index (χ4v) is 12.2. The number of fused-ring (bicyclic) bond motifs is 3. The van der Waals surface area contributed by atoms with Crippen LogP contribution >= 0.6 is 7.14 Å². The lowest BCUT2D eigenvalue weighted by molar-refractivity contribution is -0.142. The molecule has 0 radical (unpaired) electrons. The van der Waals surface area contributed by atoms with Crippen LogP contribution in [-0.2, 0) is 27.1 Å². The number of piperidine rings is 2. The van der Waals surface area contributed by atoms with E-state index in [9.17, 15) is 29.2 Å². The highest BCUT2D eigenvalue weighted by Gasteiger charge is 2.45. The highest BCUT2D eigenvalue weighted by atomic mass is 31.2. The van der Waals surface area contributed by atoms with Gasteiger partial charge in [0.05, 0.1) is 17.8 Å². The number of anilines is 1. The molecular formula is C53H66N11O6P. The van der Waals surface area contributed by atoms with E-state index in [1.54, 1.807) is 48.6 Å². The third-order valence-corrected chi connectivity index (χ3v) is 16.6. The maximum absolute atomic E-state index is 14.3. The first-order valence-corrected chi connectivity index (χ1v) is 27.4. The van der Waals surface area contributed by atoms with E-state index in [1.807, 2.05) is 51.4 Å². The summed E-state index contributed by atoms with van der Waals surface area (Å²) in [6.45, 7) is 15.0. The topological polar surface area (TPSA) is 213 Å². The lowest BCUT2D eigenvalue weighted by Gasteiger charge is -2.42. The maximum Gasteiger partial charge on any atom is 0.318 e. The lowest BCUT2D eigenvalue weighted by atomic mass is 9.85. The van der Waals surface area contributed by atoms with Gasteiger partial charge in [0.25, 0.3) is 0 Å². The van der Waals surface area contributed by atoms with E-state index >= 15 is 0 Å². The van der Waals surface area contributed by atoms with Gasteiger partial charge in [-0.05, 0) is 112 Å². The Morgan fingerprint density at radius 1 is 0.972 bits per heavy atom. The zero-order valence-corrected chi connectivity index (χ0v) is 42.5. The number of carbonyl (C=O) groups is 3. The van der Waals surface area contributed by atoms with E-state index < -0.39 is 42.6 Å². The van der Waals surface area contributed by atoms with Crippen molar-refractivity contribution < 1.29 is 29.2 Å². The number of phenols is 1. The lowest BCUT2D eigenvalue weighted by Crippen LogP contribution is -2.60. The van der Waals surface area contributed by atoms with Gasteiger partial charge in [-0.3, -0.25) is 9.59 Å². The predicted molar refractivity (Wildman–Crippen MR) is 274 cm³/mol. The van der Waals surface area contributed by atoms with Gasteiger partial charge in [0.1, 0.15) is 25.0 Å². The molecule has 71 heavy (non-hydrogen) atoms. The standard InChI is InChI=1S/C53H66N11O6P/c1-8-34-14-13-33(25-45(34)71(6,7)70)28-54-49(67)43-26-38(65)31-64(43)50(68)47(53(3,4)5)58-52(69)62-22-17-37(18-23-62)61-20-15-35(16-21-61)36-29-55-51(56-30-36)63-24-19-41-46(32(63)2)40-27-42(59-60-48(40)57-41)39-11-9-10-12-44(39)66/h1,9-14,25,27,29-30,32,35,37-38,43,47,65-66H,15-24,26,28,31H2,2-7H3,(H,54,67)(H,57,60)(H,58,69)/t32-,38-,43+,47+/m1/s1. The normalized spacial score (nSPS) is 20.9. The fourth-order valence-electron chi connectivity index (χ4n) is 11.0. The van der Waals surface area contributed by atoms with Crippen LogP contribution in [-0.4, -0.2) is 145 Å². The van der Waals surface area contributed by atoms with Crippen molar-refractivity contribution in [1.29, 1.82) is 0 Å². The molecule has 4 aliphatic heterocycles. The number of aliphatic hydroxyl groups is 1. The van der Waals surface area contributed by atoms with Crippen molar-refractivity contribution >= 4 is 47.3 Å². The van der Waals surface area contributed by atoms with E-state index in [0.717, 1.165) is 79.6 Å². The van der Waals surface area contributed by atoms with Crippen molar-refractivity contribution in [2.24, 2.45) is 5.41 Å². The van der Waals surface area contributed by atoms with E-state index in [1.165, 1.54) is 4.90 Å². The summed E-state index contributed by atoms with van der Waals surface area (Å²) in [4.78, 5) is 63.1. The Morgan fingerprint density at radius 2 is 1.69 bits per heavy atom. The second kappa shape index (κ2) is 20.0. The molecule has 0 spiro atoms. The molecule has 0 unspecified atom stereocenters. The second-order valence-electron chi connectivity index (χ2n) is 21.2. The van der Waals surface area contributed by atoms with Gasteiger partial charge in [0, 0.05) is 97.1 Å². The van der Waals surface area contributed by atoms with Gasteiger partial charge < -0.3 is 50.0 Å². The average Bonchev–Trinajstić information content (AvgIpc) is 3.95. The smallest absolute Gasteiger partial charge is 0.318 e. The van der Waals surface area contributed by atoms with Crippen LogP contribution in [0.25, 0.3) is 22.3 Å². The number of aromatic amines is 1. The largest absolute Gasteiger partial charge is 0.507 e. The summed E-state index contributed by atoms with van der Waals surface area (Å²) >= 11 is 0. The molecule has 4 atom stereocenters. The number of para-hydroxylation sites is 1. The average molecular weight is 984 g/mol. The van der Waals surface area contributed by atoms with Crippen molar-refractivity contribution in [3.8, 4) is 29.4 Å². The molecule has 3 aromatic heterocycles. The van der Waals surface area contributed by atoms with Crippen molar-refractivity contribution in [3.05, 3.63) is 88.9 Å². The number of nitrogens with one attached hydrogen (secondary N) is 3. The van der Waals surface area contributed by atoms with Crippen LogP contribution < -0.4 is 20.8 Å². The van der Waals surface area contributed by atoms with Crippen LogP contribution in [0.4, 0.5) is 10.7 Å². The van der Waals surface area contributed by atoms with Gasteiger partial charge in [-0.25, -0.2) is 14.8 Å². The molecule has 17 nitrogen and oxygen atoms in total. The van der Waals surface area contributed by atoms with Crippen LogP contribution in [0.15, 0.2) is 60.9 Å². The Balaban J connectivity index is 0.761. The number of rotatable bonds is 10. The molecule has 2 aromatic carbocycles. The minimum absolute atomic E-state index is 0.00651. The number of aliphatic hydroxyl groups excluding tert-OH is 1. The molecule has 0 aliphatic carbocycles. The van der Waals surface area contributed by atoms with Crippen molar-refractivity contribution in [3.63, 3.8) is 0 Å². The Bertz CT molecular complexity index is 2890. The summed E-state index contributed by atoms with van der Waals surface area (Å²) in [5.41, 5.74) is 5.98. The molecule has 0 bridgehead atoms. The number of amides is 4. The van der Waals surface area contributed by atoms with Crippen LogP contribution in [0.1, 0.15) is 99.7 Å². The quantitative estimate of drug-likeness (QED) is 0.0865. The molecule has 3 fully saturated rings. The Hall–Kier alpha value is -6.34. The van der Waals surface area contributed by atoms with Crippen molar-refractivity contribution in [1.82, 2.24) is 50.5 Å². The number of urea groups is 1. The number of terminal acetylenes is 1. The summed E-state index contributed by atoms with van der Waals surface area (Å²) in [5, 5.41) is 37.6. The van der Waals surface area contributed by atoms with E-state index in [0.29, 0.717) is 58.7 Å². The van der Waals surface area contributed by atoms with Gasteiger partial charge in [0.2, 0.25) is 17.8 Å². The molecule has 4 amide bonds. The second-order valence-corrected chi connectivity index (χ2v) is 24.4. The number of benzene rings is 2. The number of hydrogen-bond donors (Lipinski definition) is 5. The molecule has 9 rings (SSSR count). The summed E-state index contributed by atoms with van der Waals surface area (Å²) in [5.74, 6) is 2.95. The number of likely N-dealkylation sites (tertiary alicyclic amines) is 3. The van der Waals surface area contributed by atoms with Crippen molar-refractivity contribution in [2.45, 2.75) is 109 Å². The van der Waals surface area contributed by atoms with Crippen LogP contribution in [0.2, 0.25) is 0 Å². The number of phenolic OH excluding ortho intramolecular Hbond substituents is 1. The number of hydrogen-bond acceptors (Lipinski definition) is 12. The number of carbonyl (C=O) groups excluding carboxylic acids is 3. The minimum atomic E-state index is -2.68. The first-order valence-electron chi connectivity index (χ1n) is 24.8. The number of H-pyrrole nitrogens is 1. The first kappa shape index (κ1) is 49.6. The van der Waals surface area contributed by atoms with Gasteiger partial charge in [-0.2, -0.15) is 0 Å². The number of aromatic hydroxyl groups is 1. The number of aromatic nitrogens is 5. The fraction of sp³-hybridized carbons (Fsp3) is 0.491. The monoisotopic (exact) mass is 983 g/mol. The molecule has 374 valence electrons. The highest BCUT2D eigenvalue weighted by molar-refractivity contribution is 7.70. The third kappa shape index (κ3) is 10.4. The Morgan fingerprint density at radius 3 is 2.37 bits per heavy atom. The maximum atomic E-state index is 14.3. The number of β-amino-alcohol motifs (C(OH)–C–C–N with tert-alkyl or cyclic N) is 1. The zero-order valence-electron chi connectivity index (χ0n) is 41.6. The summed E-state index contributed by atoms with van der Waals surface area (Å²) in [6, 6.07) is 12.6. The summed E-state index contributed by atoms with van der Waals surface area (Å²) in [6.07, 6.45) is 13.2. The van der Waals surface area contributed by atoms with Crippen LogP contribution in [0.3, 0.4) is 0 Å². The van der Waals surface area contributed by atoms with E-state index in [4.69, 9.17) is 16.4 Å². The first-order chi connectivity index (χ1) is 33.9. The van der Waals surface area contributed by atoms with Crippen LogP contribution in [0, 0.1) is 17.8 Å². The molecule has 0 saturated carbocycles. The molecule has 18 heteroatoms. The third-order valence-electron chi connectivity index (χ3n) is 15.0. The molecule has 5 N–H and O–H groups in total. The van der Waals surface area contributed by atoms with Gasteiger partial charge >= 0.3 is 6.03 Å². The molecule has 4 aliphatic rings. The highest BCUT2D eigenvalue weighted by Crippen LogP contribution is 2.40. The van der Waals surface area contributed by atoms with E-state index in [2.05, 4.69) is 48.5 Å².